The molecule has 0 fully saturated rings. The van der Waals surface area contributed by atoms with E-state index in [2.05, 4.69) is 20.4 Å². The van der Waals surface area contributed by atoms with Crippen LogP contribution >= 0.6 is 0 Å². The van der Waals surface area contributed by atoms with Crippen molar-refractivity contribution in [2.24, 2.45) is 0 Å². The average Bonchev–Trinajstić information content (AvgIpc) is 3.05. The van der Waals surface area contributed by atoms with Crippen LogP contribution in [-0.2, 0) is 4.74 Å². The molecule has 3 N–H and O–H groups in total. The number of rotatable bonds is 6. The van der Waals surface area contributed by atoms with Gasteiger partial charge in [-0.15, -0.1) is 5.10 Å². The predicted octanol–water partition coefficient (Wildman–Crippen LogP) is 3.40. The van der Waals surface area contributed by atoms with E-state index in [-0.39, 0.29) is 11.6 Å². The molecule has 0 unspecified atom stereocenters. The molecule has 0 amide bonds. The fourth-order valence-electron chi connectivity index (χ4n) is 2.98. The van der Waals surface area contributed by atoms with Gasteiger partial charge in [-0.25, -0.2) is 18.4 Å². The Hall–Kier alpha value is -3.59. The van der Waals surface area contributed by atoms with Crippen LogP contribution in [0.4, 0.5) is 20.5 Å². The summed E-state index contributed by atoms with van der Waals surface area (Å²) in [5.74, 6) is -0.173. The van der Waals surface area contributed by atoms with Crippen molar-refractivity contribution in [3.8, 4) is 16.9 Å². The molecule has 4 aromatic rings. The second-order valence-electron chi connectivity index (χ2n) is 6.30. The Balaban J connectivity index is 1.91. The summed E-state index contributed by atoms with van der Waals surface area (Å²) in [5, 5.41) is 8.00. The SMILES string of the molecule is COCCNc1nc(-c2cccc(F)c2)c2c(N)n(-c3ccc(F)cc3)nc2n1. The molecule has 2 heterocycles. The minimum absolute atomic E-state index is 0.273. The molecule has 4 rings (SSSR count). The van der Waals surface area contributed by atoms with Crippen LogP contribution in [0.15, 0.2) is 48.5 Å². The molecule has 7 nitrogen and oxygen atoms in total. The zero-order chi connectivity index (χ0) is 20.4. The van der Waals surface area contributed by atoms with E-state index in [0.717, 1.165) is 0 Å². The summed E-state index contributed by atoms with van der Waals surface area (Å²) in [6, 6.07) is 11.8. The normalized spacial score (nSPS) is 11.1. The minimum Gasteiger partial charge on any atom is -0.383 e. The van der Waals surface area contributed by atoms with Crippen molar-refractivity contribution >= 4 is 22.8 Å². The van der Waals surface area contributed by atoms with E-state index in [0.29, 0.717) is 47.1 Å². The monoisotopic (exact) mass is 396 g/mol. The van der Waals surface area contributed by atoms with Crippen LogP contribution in [0.25, 0.3) is 28.0 Å². The van der Waals surface area contributed by atoms with Crippen molar-refractivity contribution in [2.45, 2.75) is 0 Å². The molecule has 0 atom stereocenters. The molecule has 148 valence electrons. The van der Waals surface area contributed by atoms with Crippen LogP contribution in [0.2, 0.25) is 0 Å². The zero-order valence-corrected chi connectivity index (χ0v) is 15.6. The number of nitrogens with zero attached hydrogens (tertiary/aromatic N) is 4. The lowest BCUT2D eigenvalue weighted by molar-refractivity contribution is 0.210. The Morgan fingerprint density at radius 3 is 2.59 bits per heavy atom. The van der Waals surface area contributed by atoms with Crippen LogP contribution in [0.3, 0.4) is 0 Å². The summed E-state index contributed by atoms with van der Waals surface area (Å²) in [6.07, 6.45) is 0. The van der Waals surface area contributed by atoms with Crippen molar-refractivity contribution in [3.63, 3.8) is 0 Å². The Labute approximate surface area is 165 Å². The number of hydrogen-bond acceptors (Lipinski definition) is 6. The van der Waals surface area contributed by atoms with Crippen molar-refractivity contribution < 1.29 is 13.5 Å². The van der Waals surface area contributed by atoms with Gasteiger partial charge in [-0.2, -0.15) is 4.98 Å². The summed E-state index contributed by atoms with van der Waals surface area (Å²) < 4.78 is 33.6. The molecule has 0 saturated carbocycles. The Kier molecular flexibility index (Phi) is 5.05. The van der Waals surface area contributed by atoms with Gasteiger partial charge in [0.15, 0.2) is 5.65 Å². The van der Waals surface area contributed by atoms with Gasteiger partial charge in [0.25, 0.3) is 0 Å². The van der Waals surface area contributed by atoms with Crippen LogP contribution in [-0.4, -0.2) is 40.0 Å². The van der Waals surface area contributed by atoms with Gasteiger partial charge >= 0.3 is 0 Å². The first-order valence-corrected chi connectivity index (χ1v) is 8.88. The highest BCUT2D eigenvalue weighted by Gasteiger charge is 2.19. The molecule has 0 aliphatic carbocycles. The number of benzene rings is 2. The number of halogens is 2. The summed E-state index contributed by atoms with van der Waals surface area (Å²) in [5.41, 5.74) is 8.24. The highest BCUT2D eigenvalue weighted by Crippen LogP contribution is 2.33. The fourth-order valence-corrected chi connectivity index (χ4v) is 2.98. The molecule has 2 aromatic heterocycles. The maximum Gasteiger partial charge on any atom is 0.225 e. The van der Waals surface area contributed by atoms with Gasteiger partial charge in [-0.1, -0.05) is 12.1 Å². The maximum atomic E-state index is 13.8. The summed E-state index contributed by atoms with van der Waals surface area (Å²) in [4.78, 5) is 8.95. The van der Waals surface area contributed by atoms with Gasteiger partial charge in [0.05, 0.1) is 23.4 Å². The number of nitrogen functional groups attached to an aromatic ring is 1. The molecule has 2 aromatic carbocycles. The lowest BCUT2D eigenvalue weighted by atomic mass is 10.1. The van der Waals surface area contributed by atoms with Crippen LogP contribution in [0.5, 0.6) is 0 Å². The highest BCUT2D eigenvalue weighted by molar-refractivity contribution is 5.99. The van der Waals surface area contributed by atoms with Gasteiger partial charge in [0, 0.05) is 19.2 Å². The lowest BCUT2D eigenvalue weighted by Gasteiger charge is -2.08. The molecule has 9 heteroatoms. The van der Waals surface area contributed by atoms with Gasteiger partial charge in [-0.05, 0) is 36.4 Å². The summed E-state index contributed by atoms with van der Waals surface area (Å²) >= 11 is 0. The van der Waals surface area contributed by atoms with Crippen molar-refractivity contribution in [1.82, 2.24) is 19.7 Å². The van der Waals surface area contributed by atoms with Gasteiger partial charge in [0.1, 0.15) is 17.5 Å². The largest absolute Gasteiger partial charge is 0.383 e. The van der Waals surface area contributed by atoms with E-state index in [9.17, 15) is 8.78 Å². The maximum absolute atomic E-state index is 13.8. The molecular weight excluding hydrogens is 378 g/mol. The molecular formula is C20H18F2N6O. The molecule has 0 spiro atoms. The topological polar surface area (TPSA) is 90.9 Å². The van der Waals surface area contributed by atoms with Gasteiger partial charge < -0.3 is 15.8 Å². The number of anilines is 2. The summed E-state index contributed by atoms with van der Waals surface area (Å²) in [6.45, 7) is 0.946. The predicted molar refractivity (Wildman–Crippen MR) is 107 cm³/mol. The quantitative estimate of drug-likeness (QED) is 0.486. The average molecular weight is 396 g/mol. The van der Waals surface area contributed by atoms with Crippen LogP contribution in [0.1, 0.15) is 0 Å². The molecule has 0 aliphatic rings. The first-order valence-electron chi connectivity index (χ1n) is 8.88. The number of fused-ring (bicyclic) bond motifs is 1. The van der Waals surface area contributed by atoms with E-state index in [4.69, 9.17) is 10.5 Å². The Morgan fingerprint density at radius 1 is 1.07 bits per heavy atom. The van der Waals surface area contributed by atoms with Gasteiger partial charge in [-0.3, -0.25) is 0 Å². The molecule has 0 radical (unpaired) electrons. The van der Waals surface area contributed by atoms with E-state index >= 15 is 0 Å². The Bertz CT molecular complexity index is 1160. The third-order valence-electron chi connectivity index (χ3n) is 4.33. The number of methoxy groups -OCH3 is 1. The smallest absolute Gasteiger partial charge is 0.225 e. The highest BCUT2D eigenvalue weighted by atomic mass is 19.1. The fraction of sp³-hybridized carbons (Fsp3) is 0.150. The lowest BCUT2D eigenvalue weighted by Crippen LogP contribution is -2.10. The first kappa shape index (κ1) is 18.8. The van der Waals surface area contributed by atoms with E-state index < -0.39 is 5.82 Å². The summed E-state index contributed by atoms with van der Waals surface area (Å²) in [7, 11) is 1.59. The third-order valence-corrected chi connectivity index (χ3v) is 4.33. The van der Waals surface area contributed by atoms with Gasteiger partial charge in [0.2, 0.25) is 5.95 Å². The Morgan fingerprint density at radius 2 is 1.86 bits per heavy atom. The third kappa shape index (κ3) is 3.72. The van der Waals surface area contributed by atoms with E-state index in [1.54, 1.807) is 31.4 Å². The zero-order valence-electron chi connectivity index (χ0n) is 15.6. The number of nitrogens with one attached hydrogen (secondary N) is 1. The van der Waals surface area contributed by atoms with E-state index in [1.165, 1.54) is 28.9 Å². The molecule has 0 saturated heterocycles. The first-order chi connectivity index (χ1) is 14.1. The minimum atomic E-state index is -0.396. The number of aromatic nitrogens is 4. The molecule has 29 heavy (non-hydrogen) atoms. The van der Waals surface area contributed by atoms with Crippen molar-refractivity contribution in [3.05, 3.63) is 60.2 Å². The van der Waals surface area contributed by atoms with E-state index in [1.807, 2.05) is 0 Å². The number of nitrogens with two attached hydrogens (primary N) is 1. The van der Waals surface area contributed by atoms with Crippen molar-refractivity contribution in [2.75, 3.05) is 31.3 Å². The van der Waals surface area contributed by atoms with Crippen molar-refractivity contribution in [1.29, 1.82) is 0 Å². The standard InChI is InChI=1S/C20H18F2N6O/c1-29-10-9-24-20-25-17(12-3-2-4-14(22)11-12)16-18(23)28(27-19(16)26-20)15-7-5-13(21)6-8-15/h2-8,11H,9-10,23H2,1H3,(H,24,26,27). The molecule has 0 aliphatic heterocycles. The molecule has 0 bridgehead atoms. The second kappa shape index (κ2) is 7.80. The van der Waals surface area contributed by atoms with Crippen LogP contribution in [0, 0.1) is 11.6 Å². The number of hydrogen-bond donors (Lipinski definition) is 2. The second-order valence-corrected chi connectivity index (χ2v) is 6.30. The van der Waals surface area contributed by atoms with Crippen LogP contribution < -0.4 is 11.1 Å². The number of ether oxygens (including phenoxy) is 1.